The van der Waals surface area contributed by atoms with Gasteiger partial charge in [0.05, 0.1) is 19.2 Å². The summed E-state index contributed by atoms with van der Waals surface area (Å²) in [7, 11) is 1.63. The first-order chi connectivity index (χ1) is 16.1. The summed E-state index contributed by atoms with van der Waals surface area (Å²) in [6.07, 6.45) is 1.11. The molecule has 172 valence electrons. The number of amides is 1. The van der Waals surface area contributed by atoms with Crippen molar-refractivity contribution in [2.45, 2.75) is 32.4 Å². The molecule has 0 bridgehead atoms. The van der Waals surface area contributed by atoms with Gasteiger partial charge in [0.1, 0.15) is 5.76 Å². The van der Waals surface area contributed by atoms with Crippen LogP contribution in [-0.4, -0.2) is 48.8 Å². The molecule has 1 aromatic heterocycles. The molecule has 2 aliphatic rings. The third kappa shape index (κ3) is 4.66. The molecule has 3 aromatic rings. The van der Waals surface area contributed by atoms with E-state index in [1.54, 1.807) is 7.11 Å². The fourth-order valence-corrected chi connectivity index (χ4v) is 4.35. The molecule has 1 saturated heterocycles. The van der Waals surface area contributed by atoms with E-state index in [4.69, 9.17) is 18.6 Å². The maximum absolute atomic E-state index is 12.7. The van der Waals surface area contributed by atoms with Crippen molar-refractivity contribution in [3.05, 3.63) is 59.5 Å². The molecule has 2 aromatic carbocycles. The fraction of sp³-hybridized carbons (Fsp3) is 0.360. The number of likely N-dealkylation sites (tertiary alicyclic amines) is 1. The van der Waals surface area contributed by atoms with Crippen molar-refractivity contribution in [2.75, 3.05) is 27.0 Å². The maximum Gasteiger partial charge on any atom is 0.231 e. The molecule has 8 heteroatoms. The summed E-state index contributed by atoms with van der Waals surface area (Å²) in [5, 5.41) is 3.15. The molecule has 1 N–H and O–H groups in total. The van der Waals surface area contributed by atoms with Gasteiger partial charge in [-0.3, -0.25) is 9.69 Å². The van der Waals surface area contributed by atoms with Crippen molar-refractivity contribution < 1.29 is 23.4 Å². The van der Waals surface area contributed by atoms with Gasteiger partial charge in [-0.15, -0.1) is 0 Å². The summed E-state index contributed by atoms with van der Waals surface area (Å²) in [6, 6.07) is 13.8. The lowest BCUT2D eigenvalue weighted by Gasteiger charge is -2.17. The van der Waals surface area contributed by atoms with Crippen molar-refractivity contribution in [2.24, 2.45) is 0 Å². The van der Waals surface area contributed by atoms with E-state index in [0.29, 0.717) is 34.6 Å². The van der Waals surface area contributed by atoms with Gasteiger partial charge in [-0.25, -0.2) is 4.98 Å². The number of benzene rings is 2. The summed E-state index contributed by atoms with van der Waals surface area (Å²) in [4.78, 5) is 19.5. The molecule has 2 aliphatic heterocycles. The second kappa shape index (κ2) is 9.15. The van der Waals surface area contributed by atoms with Crippen LogP contribution in [0.4, 0.5) is 0 Å². The van der Waals surface area contributed by atoms with Crippen molar-refractivity contribution in [3.63, 3.8) is 0 Å². The molecule has 1 atom stereocenters. The lowest BCUT2D eigenvalue weighted by molar-refractivity contribution is -0.121. The Hall–Kier alpha value is -3.52. The summed E-state index contributed by atoms with van der Waals surface area (Å²) < 4.78 is 22.2. The SMILES string of the molecule is COc1cc(CN2CCC(NC(=O)Cc3nc(-c4ccccc4)oc3C)C2)cc2c1OCO2. The minimum absolute atomic E-state index is 0.0392. The van der Waals surface area contributed by atoms with Crippen LogP contribution < -0.4 is 19.5 Å². The number of aryl methyl sites for hydroxylation is 1. The molecule has 33 heavy (non-hydrogen) atoms. The Morgan fingerprint density at radius 1 is 1.24 bits per heavy atom. The number of fused-ring (bicyclic) bond motifs is 1. The molecule has 0 radical (unpaired) electrons. The normalized spacial score (nSPS) is 17.3. The van der Waals surface area contributed by atoms with Gasteiger partial charge in [-0.1, -0.05) is 18.2 Å². The number of nitrogens with one attached hydrogen (secondary N) is 1. The Labute approximate surface area is 192 Å². The van der Waals surface area contributed by atoms with Crippen molar-refractivity contribution in [1.29, 1.82) is 0 Å². The number of rotatable bonds is 7. The molecular formula is C25H27N3O5. The monoisotopic (exact) mass is 449 g/mol. The average molecular weight is 450 g/mol. The highest BCUT2D eigenvalue weighted by atomic mass is 16.7. The van der Waals surface area contributed by atoms with Gasteiger partial charge in [0, 0.05) is 31.2 Å². The summed E-state index contributed by atoms with van der Waals surface area (Å²) in [5.74, 6) is 3.23. The molecule has 0 aliphatic carbocycles. The van der Waals surface area contributed by atoms with Crippen LogP contribution in [0, 0.1) is 6.92 Å². The Morgan fingerprint density at radius 2 is 2.09 bits per heavy atom. The Morgan fingerprint density at radius 3 is 2.91 bits per heavy atom. The zero-order chi connectivity index (χ0) is 22.8. The van der Waals surface area contributed by atoms with Gasteiger partial charge in [0.25, 0.3) is 0 Å². The largest absolute Gasteiger partial charge is 0.493 e. The van der Waals surface area contributed by atoms with Crippen LogP contribution in [0.2, 0.25) is 0 Å². The van der Waals surface area contributed by atoms with Crippen molar-refractivity contribution in [1.82, 2.24) is 15.2 Å². The second-order valence-electron chi connectivity index (χ2n) is 8.38. The number of aromatic nitrogens is 1. The number of oxazole rings is 1. The van der Waals surface area contributed by atoms with Crippen LogP contribution in [0.1, 0.15) is 23.4 Å². The zero-order valence-corrected chi connectivity index (χ0v) is 18.8. The van der Waals surface area contributed by atoms with Gasteiger partial charge in [0.15, 0.2) is 11.5 Å². The first-order valence-electron chi connectivity index (χ1n) is 11.1. The molecule has 0 saturated carbocycles. The van der Waals surface area contributed by atoms with Gasteiger partial charge in [-0.05, 0) is 43.2 Å². The van der Waals surface area contributed by atoms with E-state index >= 15 is 0 Å². The molecule has 1 amide bonds. The van der Waals surface area contributed by atoms with E-state index in [9.17, 15) is 4.79 Å². The third-order valence-electron chi connectivity index (χ3n) is 6.00. The number of ether oxygens (including phenoxy) is 3. The number of carbonyl (C=O) groups excluding carboxylic acids is 1. The minimum atomic E-state index is -0.0392. The van der Waals surface area contributed by atoms with Gasteiger partial charge in [0.2, 0.25) is 24.3 Å². The summed E-state index contributed by atoms with van der Waals surface area (Å²) in [5.41, 5.74) is 2.67. The second-order valence-corrected chi connectivity index (χ2v) is 8.38. The fourth-order valence-electron chi connectivity index (χ4n) is 4.35. The van der Waals surface area contributed by atoms with Crippen LogP contribution in [0.25, 0.3) is 11.5 Å². The molecular weight excluding hydrogens is 422 g/mol. The van der Waals surface area contributed by atoms with E-state index in [0.717, 1.165) is 37.2 Å². The first kappa shape index (κ1) is 21.3. The summed E-state index contributed by atoms with van der Waals surface area (Å²) >= 11 is 0. The maximum atomic E-state index is 12.7. The Kier molecular flexibility index (Phi) is 5.92. The lowest BCUT2D eigenvalue weighted by Crippen LogP contribution is -2.38. The topological polar surface area (TPSA) is 86.1 Å². The molecule has 1 fully saturated rings. The highest BCUT2D eigenvalue weighted by Crippen LogP contribution is 2.42. The quantitative estimate of drug-likeness (QED) is 0.592. The predicted molar refractivity (Wildman–Crippen MR) is 121 cm³/mol. The number of hydrogen-bond acceptors (Lipinski definition) is 7. The van der Waals surface area contributed by atoms with Gasteiger partial charge < -0.3 is 23.9 Å². The molecule has 3 heterocycles. The van der Waals surface area contributed by atoms with Crippen LogP contribution in [-0.2, 0) is 17.8 Å². The van der Waals surface area contributed by atoms with E-state index < -0.39 is 0 Å². The van der Waals surface area contributed by atoms with Crippen LogP contribution >= 0.6 is 0 Å². The van der Waals surface area contributed by atoms with Crippen LogP contribution in [0.15, 0.2) is 46.9 Å². The van der Waals surface area contributed by atoms with Gasteiger partial charge >= 0.3 is 0 Å². The van der Waals surface area contributed by atoms with Crippen molar-refractivity contribution in [3.8, 4) is 28.7 Å². The smallest absolute Gasteiger partial charge is 0.231 e. The van der Waals surface area contributed by atoms with E-state index in [1.807, 2.05) is 49.4 Å². The van der Waals surface area contributed by atoms with E-state index in [-0.39, 0.29) is 25.2 Å². The number of nitrogens with zero attached hydrogens (tertiary/aromatic N) is 2. The number of methoxy groups -OCH3 is 1. The molecule has 8 nitrogen and oxygen atoms in total. The highest BCUT2D eigenvalue weighted by molar-refractivity contribution is 5.78. The third-order valence-corrected chi connectivity index (χ3v) is 6.00. The molecule has 0 spiro atoms. The lowest BCUT2D eigenvalue weighted by atomic mass is 10.1. The van der Waals surface area contributed by atoms with E-state index in [1.165, 1.54) is 0 Å². The Balaban J connectivity index is 1.16. The number of carbonyl (C=O) groups is 1. The van der Waals surface area contributed by atoms with Crippen LogP contribution in [0.5, 0.6) is 17.2 Å². The standard InChI is InChI=1S/C25H27N3O5/c1-16-20(27-25(33-16)18-6-4-3-5-7-18)12-23(29)26-19-8-9-28(14-19)13-17-10-21(30-2)24-22(11-17)31-15-32-24/h3-7,10-11,19H,8-9,12-15H2,1-2H3,(H,26,29). The average Bonchev–Trinajstić information content (AvgIpc) is 3.55. The predicted octanol–water partition coefficient (Wildman–Crippen LogP) is 3.32. The highest BCUT2D eigenvalue weighted by Gasteiger charge is 2.26. The van der Waals surface area contributed by atoms with Crippen molar-refractivity contribution >= 4 is 5.91 Å². The molecule has 5 rings (SSSR count). The van der Waals surface area contributed by atoms with Crippen LogP contribution in [0.3, 0.4) is 0 Å². The first-order valence-corrected chi connectivity index (χ1v) is 11.1. The minimum Gasteiger partial charge on any atom is -0.493 e. The molecule has 1 unspecified atom stereocenters. The Bertz CT molecular complexity index is 1140. The number of hydrogen-bond donors (Lipinski definition) is 1. The van der Waals surface area contributed by atoms with E-state index in [2.05, 4.69) is 15.2 Å². The van der Waals surface area contributed by atoms with Gasteiger partial charge in [-0.2, -0.15) is 0 Å². The zero-order valence-electron chi connectivity index (χ0n) is 18.8. The summed E-state index contributed by atoms with van der Waals surface area (Å²) in [6.45, 7) is 4.50.